The normalized spacial score (nSPS) is 13.5. The molecule has 0 saturated carbocycles. The van der Waals surface area contributed by atoms with Crippen molar-refractivity contribution in [2.45, 2.75) is 26.8 Å². The first kappa shape index (κ1) is 13.9. The molecule has 0 aromatic carbocycles. The predicted molar refractivity (Wildman–Crippen MR) is 66.8 cm³/mol. The van der Waals surface area contributed by atoms with Gasteiger partial charge in [0.05, 0.1) is 6.04 Å². The second kappa shape index (κ2) is 5.95. The number of carbonyl (C=O) groups excluding carboxylic acids is 1. The van der Waals surface area contributed by atoms with Crippen LogP contribution in [0.15, 0.2) is 35.7 Å². The molecule has 5 nitrogen and oxygen atoms in total. The lowest BCUT2D eigenvalue weighted by atomic mass is 10.1. The SMILES string of the molecule is C/C(C(=O)O)=C(\C)C(=O)N[C@H](C)c1cccnc1. The number of carboxylic acids is 1. The lowest BCUT2D eigenvalue weighted by molar-refractivity contribution is -0.133. The average molecular weight is 248 g/mol. The van der Waals surface area contributed by atoms with Crippen LogP contribution < -0.4 is 5.32 Å². The molecule has 0 saturated heterocycles. The summed E-state index contributed by atoms with van der Waals surface area (Å²) >= 11 is 0. The van der Waals surface area contributed by atoms with Crippen LogP contribution in [0, 0.1) is 0 Å². The molecule has 5 heteroatoms. The van der Waals surface area contributed by atoms with Gasteiger partial charge < -0.3 is 10.4 Å². The van der Waals surface area contributed by atoms with E-state index in [1.165, 1.54) is 13.8 Å². The van der Waals surface area contributed by atoms with Crippen molar-refractivity contribution in [1.29, 1.82) is 0 Å². The summed E-state index contributed by atoms with van der Waals surface area (Å²) in [7, 11) is 0. The predicted octanol–water partition coefficient (Wildman–Crippen LogP) is 1.68. The largest absolute Gasteiger partial charge is 0.478 e. The first-order valence-electron chi connectivity index (χ1n) is 5.55. The van der Waals surface area contributed by atoms with Crippen LogP contribution in [0.3, 0.4) is 0 Å². The summed E-state index contributed by atoms with van der Waals surface area (Å²) < 4.78 is 0. The monoisotopic (exact) mass is 248 g/mol. The quantitative estimate of drug-likeness (QED) is 0.794. The Morgan fingerprint density at radius 2 is 2.00 bits per heavy atom. The van der Waals surface area contributed by atoms with E-state index in [9.17, 15) is 9.59 Å². The second-order valence-corrected chi connectivity index (χ2v) is 4.04. The number of hydrogen-bond donors (Lipinski definition) is 2. The molecule has 1 aromatic heterocycles. The Morgan fingerprint density at radius 3 is 2.50 bits per heavy atom. The van der Waals surface area contributed by atoms with Crippen LogP contribution in [-0.4, -0.2) is 22.0 Å². The molecule has 0 fully saturated rings. The standard InChI is InChI=1S/C13H16N2O3/c1-8(9(2)13(17)18)12(16)15-10(3)11-5-4-6-14-7-11/h4-7,10H,1-3H3,(H,15,16)(H,17,18)/b9-8-/t10-/m1/s1. The molecular weight excluding hydrogens is 232 g/mol. The lowest BCUT2D eigenvalue weighted by Crippen LogP contribution is -2.28. The van der Waals surface area contributed by atoms with Crippen LogP contribution in [0.5, 0.6) is 0 Å². The maximum absolute atomic E-state index is 11.8. The molecule has 1 rings (SSSR count). The molecule has 1 amide bonds. The summed E-state index contributed by atoms with van der Waals surface area (Å²) in [5, 5.41) is 11.5. The molecule has 0 unspecified atom stereocenters. The highest BCUT2D eigenvalue weighted by Crippen LogP contribution is 2.12. The van der Waals surface area contributed by atoms with Crippen LogP contribution in [-0.2, 0) is 9.59 Å². The summed E-state index contributed by atoms with van der Waals surface area (Å²) in [6.45, 7) is 4.72. The van der Waals surface area contributed by atoms with E-state index >= 15 is 0 Å². The van der Waals surface area contributed by atoms with Crippen molar-refractivity contribution in [3.8, 4) is 0 Å². The first-order chi connectivity index (χ1) is 8.43. The Morgan fingerprint density at radius 1 is 1.33 bits per heavy atom. The molecule has 1 aromatic rings. The van der Waals surface area contributed by atoms with Crippen molar-refractivity contribution in [2.24, 2.45) is 0 Å². The number of rotatable bonds is 4. The van der Waals surface area contributed by atoms with Crippen molar-refractivity contribution in [1.82, 2.24) is 10.3 Å². The Labute approximate surface area is 106 Å². The average Bonchev–Trinajstić information content (AvgIpc) is 2.37. The van der Waals surface area contributed by atoms with Crippen LogP contribution in [0.1, 0.15) is 32.4 Å². The van der Waals surface area contributed by atoms with Crippen molar-refractivity contribution < 1.29 is 14.7 Å². The fraction of sp³-hybridized carbons (Fsp3) is 0.308. The number of pyridine rings is 1. The molecule has 18 heavy (non-hydrogen) atoms. The summed E-state index contributed by atoms with van der Waals surface area (Å²) in [5.41, 5.74) is 1.12. The number of carboxylic acid groups (broad SMARTS) is 1. The van der Waals surface area contributed by atoms with Gasteiger partial charge in [-0.05, 0) is 32.4 Å². The zero-order valence-electron chi connectivity index (χ0n) is 10.6. The van der Waals surface area contributed by atoms with Gasteiger partial charge in [-0.25, -0.2) is 4.79 Å². The van der Waals surface area contributed by atoms with E-state index in [0.717, 1.165) is 5.56 Å². The summed E-state index contributed by atoms with van der Waals surface area (Å²) in [6.07, 6.45) is 3.31. The zero-order valence-corrected chi connectivity index (χ0v) is 10.6. The molecule has 96 valence electrons. The van der Waals surface area contributed by atoms with E-state index < -0.39 is 5.97 Å². The maximum atomic E-state index is 11.8. The van der Waals surface area contributed by atoms with Crippen molar-refractivity contribution in [2.75, 3.05) is 0 Å². The van der Waals surface area contributed by atoms with Gasteiger partial charge in [-0.15, -0.1) is 0 Å². The number of hydrogen-bond acceptors (Lipinski definition) is 3. The third-order valence-electron chi connectivity index (χ3n) is 2.76. The minimum absolute atomic E-state index is 0.0471. The van der Waals surface area contributed by atoms with Crippen molar-refractivity contribution >= 4 is 11.9 Å². The second-order valence-electron chi connectivity index (χ2n) is 4.04. The van der Waals surface area contributed by atoms with Gasteiger partial charge >= 0.3 is 5.97 Å². The number of amides is 1. The first-order valence-corrected chi connectivity index (χ1v) is 5.55. The molecule has 0 bridgehead atoms. The van der Waals surface area contributed by atoms with Gasteiger partial charge in [-0.2, -0.15) is 0 Å². The zero-order chi connectivity index (χ0) is 13.7. The third-order valence-corrected chi connectivity index (χ3v) is 2.76. The minimum Gasteiger partial charge on any atom is -0.478 e. The molecule has 0 aliphatic heterocycles. The molecule has 0 spiro atoms. The molecule has 0 aliphatic carbocycles. The van der Waals surface area contributed by atoms with E-state index in [0.29, 0.717) is 0 Å². The molecule has 0 aliphatic rings. The molecule has 2 N–H and O–H groups in total. The number of nitrogens with one attached hydrogen (secondary N) is 1. The van der Waals surface area contributed by atoms with Gasteiger partial charge in [-0.1, -0.05) is 6.07 Å². The van der Waals surface area contributed by atoms with Crippen LogP contribution in [0.4, 0.5) is 0 Å². The van der Waals surface area contributed by atoms with Crippen LogP contribution >= 0.6 is 0 Å². The summed E-state index contributed by atoms with van der Waals surface area (Å²) in [5.74, 6) is -1.47. The van der Waals surface area contributed by atoms with Gasteiger partial charge in [0.2, 0.25) is 5.91 Å². The highest BCUT2D eigenvalue weighted by molar-refractivity contribution is 6.01. The highest BCUT2D eigenvalue weighted by Gasteiger charge is 2.15. The Hall–Kier alpha value is -2.17. The topological polar surface area (TPSA) is 79.3 Å². The van der Waals surface area contributed by atoms with Crippen LogP contribution in [0.25, 0.3) is 0 Å². The van der Waals surface area contributed by atoms with Gasteiger partial charge in [0.25, 0.3) is 0 Å². The van der Waals surface area contributed by atoms with Crippen molar-refractivity contribution in [3.05, 3.63) is 41.2 Å². The fourth-order valence-corrected chi connectivity index (χ4v) is 1.35. The minimum atomic E-state index is -1.09. The van der Waals surface area contributed by atoms with Crippen LogP contribution in [0.2, 0.25) is 0 Å². The van der Waals surface area contributed by atoms with E-state index in [2.05, 4.69) is 10.3 Å². The van der Waals surface area contributed by atoms with Gasteiger partial charge in [0.1, 0.15) is 0 Å². The van der Waals surface area contributed by atoms with E-state index in [1.807, 2.05) is 13.0 Å². The maximum Gasteiger partial charge on any atom is 0.331 e. The van der Waals surface area contributed by atoms with E-state index in [4.69, 9.17) is 5.11 Å². The van der Waals surface area contributed by atoms with Gasteiger partial charge in [-0.3, -0.25) is 9.78 Å². The Kier molecular flexibility index (Phi) is 4.59. The van der Waals surface area contributed by atoms with Crippen molar-refractivity contribution in [3.63, 3.8) is 0 Å². The highest BCUT2D eigenvalue weighted by atomic mass is 16.4. The molecular formula is C13H16N2O3. The van der Waals surface area contributed by atoms with E-state index in [-0.39, 0.29) is 23.1 Å². The lowest BCUT2D eigenvalue weighted by Gasteiger charge is -2.14. The molecule has 1 heterocycles. The molecule has 0 radical (unpaired) electrons. The van der Waals surface area contributed by atoms with Gasteiger partial charge in [0, 0.05) is 23.5 Å². The Balaban J connectivity index is 2.78. The molecule has 1 atom stereocenters. The number of nitrogens with zero attached hydrogens (tertiary/aromatic N) is 1. The third kappa shape index (κ3) is 3.41. The number of aliphatic carboxylic acids is 1. The van der Waals surface area contributed by atoms with E-state index in [1.54, 1.807) is 18.5 Å². The smallest absolute Gasteiger partial charge is 0.331 e. The number of aromatic nitrogens is 1. The summed E-state index contributed by atoms with van der Waals surface area (Å²) in [6, 6.07) is 3.41. The Bertz CT molecular complexity index is 480. The number of carbonyl (C=O) groups is 2. The fourth-order valence-electron chi connectivity index (χ4n) is 1.35. The van der Waals surface area contributed by atoms with Gasteiger partial charge in [0.15, 0.2) is 0 Å². The summed E-state index contributed by atoms with van der Waals surface area (Å²) in [4.78, 5) is 26.5.